The van der Waals surface area contributed by atoms with Crippen molar-refractivity contribution >= 4 is 11.3 Å². The number of ether oxygens (including phenoxy) is 1. The minimum atomic E-state index is -0.295. The van der Waals surface area contributed by atoms with Crippen LogP contribution < -0.4 is 4.74 Å². The maximum Gasteiger partial charge on any atom is 0.129 e. The molecule has 0 aliphatic heterocycles. The Morgan fingerprint density at radius 1 is 1.50 bits per heavy atom. The molecule has 3 heteroatoms. The van der Waals surface area contributed by atoms with Crippen molar-refractivity contribution in [1.29, 1.82) is 0 Å². The van der Waals surface area contributed by atoms with Gasteiger partial charge < -0.3 is 9.84 Å². The van der Waals surface area contributed by atoms with E-state index in [4.69, 9.17) is 4.74 Å². The number of hydrogen-bond donors (Lipinski definition) is 1. The molecule has 1 heterocycles. The van der Waals surface area contributed by atoms with E-state index in [2.05, 4.69) is 6.92 Å². The van der Waals surface area contributed by atoms with Gasteiger partial charge in [-0.25, -0.2) is 0 Å². The van der Waals surface area contributed by atoms with Crippen molar-refractivity contribution in [2.45, 2.75) is 38.7 Å². The third-order valence-corrected chi connectivity index (χ3v) is 4.53. The molecule has 1 fully saturated rings. The Hall–Kier alpha value is -0.540. The average Bonchev–Trinajstić information content (AvgIpc) is 2.76. The van der Waals surface area contributed by atoms with E-state index in [0.717, 1.165) is 29.4 Å². The second-order valence-electron chi connectivity index (χ2n) is 4.87. The molecule has 1 aliphatic rings. The lowest BCUT2D eigenvalue weighted by Gasteiger charge is -2.29. The van der Waals surface area contributed by atoms with Gasteiger partial charge in [-0.1, -0.05) is 19.8 Å². The Bertz CT molecular complexity index is 334. The van der Waals surface area contributed by atoms with Crippen LogP contribution in [0.5, 0.6) is 5.75 Å². The van der Waals surface area contributed by atoms with Gasteiger partial charge in [-0.05, 0) is 30.7 Å². The number of rotatable bonds is 3. The third kappa shape index (κ3) is 2.58. The van der Waals surface area contributed by atoms with Crippen LogP contribution in [0.15, 0.2) is 11.4 Å². The van der Waals surface area contributed by atoms with Gasteiger partial charge in [-0.2, -0.15) is 0 Å². The van der Waals surface area contributed by atoms with E-state index in [-0.39, 0.29) is 6.10 Å². The predicted octanol–water partition coefficient (Wildman–Crippen LogP) is 3.62. The zero-order valence-corrected chi connectivity index (χ0v) is 10.8. The first-order valence-corrected chi connectivity index (χ1v) is 6.89. The zero-order chi connectivity index (χ0) is 11.5. The van der Waals surface area contributed by atoms with Gasteiger partial charge in [-0.15, -0.1) is 11.3 Å². The first kappa shape index (κ1) is 11.9. The summed E-state index contributed by atoms with van der Waals surface area (Å²) in [5.74, 6) is 2.06. The van der Waals surface area contributed by atoms with Gasteiger partial charge in [-0.3, -0.25) is 0 Å². The summed E-state index contributed by atoms with van der Waals surface area (Å²) < 4.78 is 5.15. The lowest BCUT2D eigenvalue weighted by Crippen LogP contribution is -2.19. The first-order valence-electron chi connectivity index (χ1n) is 6.01. The second-order valence-corrected chi connectivity index (χ2v) is 5.81. The highest BCUT2D eigenvalue weighted by Crippen LogP contribution is 2.39. The van der Waals surface area contributed by atoms with Crippen molar-refractivity contribution < 1.29 is 9.84 Å². The molecular formula is C13H20O2S. The molecule has 0 radical (unpaired) electrons. The van der Waals surface area contributed by atoms with Crippen LogP contribution in [-0.2, 0) is 0 Å². The van der Waals surface area contributed by atoms with Crippen molar-refractivity contribution in [3.63, 3.8) is 0 Å². The quantitative estimate of drug-likeness (QED) is 0.874. The molecule has 2 nitrogen and oxygen atoms in total. The number of thiophene rings is 1. The molecule has 1 aromatic heterocycles. The Kier molecular flexibility index (Phi) is 3.87. The van der Waals surface area contributed by atoms with Crippen molar-refractivity contribution in [1.82, 2.24) is 0 Å². The summed E-state index contributed by atoms with van der Waals surface area (Å²) in [5, 5.41) is 12.3. The van der Waals surface area contributed by atoms with Crippen LogP contribution in [-0.4, -0.2) is 12.2 Å². The molecule has 0 aromatic carbocycles. The lowest BCUT2D eigenvalue weighted by atomic mass is 9.79. The molecule has 16 heavy (non-hydrogen) atoms. The Labute approximate surface area is 101 Å². The maximum atomic E-state index is 10.3. The fourth-order valence-electron chi connectivity index (χ4n) is 2.60. The van der Waals surface area contributed by atoms with Gasteiger partial charge in [0.2, 0.25) is 0 Å². The van der Waals surface area contributed by atoms with Crippen LogP contribution in [0.3, 0.4) is 0 Å². The fraction of sp³-hybridized carbons (Fsp3) is 0.692. The van der Waals surface area contributed by atoms with Gasteiger partial charge >= 0.3 is 0 Å². The van der Waals surface area contributed by atoms with Crippen LogP contribution in [0, 0.1) is 11.8 Å². The highest BCUT2D eigenvalue weighted by Gasteiger charge is 2.27. The molecule has 0 bridgehead atoms. The summed E-state index contributed by atoms with van der Waals surface area (Å²) in [5.41, 5.74) is 0. The molecule has 1 saturated carbocycles. The highest BCUT2D eigenvalue weighted by atomic mass is 32.1. The number of aliphatic hydroxyl groups is 1. The smallest absolute Gasteiger partial charge is 0.129 e. The van der Waals surface area contributed by atoms with E-state index in [1.807, 2.05) is 11.4 Å². The van der Waals surface area contributed by atoms with E-state index in [0.29, 0.717) is 5.92 Å². The normalized spacial score (nSPS) is 27.7. The van der Waals surface area contributed by atoms with Crippen LogP contribution in [0.25, 0.3) is 0 Å². The Balaban J connectivity index is 2.02. The Morgan fingerprint density at radius 3 is 2.94 bits per heavy atom. The SMILES string of the molecule is COc1csc(C(O)C2CCCC(C)C2)c1. The van der Waals surface area contributed by atoms with Crippen molar-refractivity contribution in [2.24, 2.45) is 11.8 Å². The van der Waals surface area contributed by atoms with Crippen LogP contribution >= 0.6 is 11.3 Å². The average molecular weight is 240 g/mol. The molecule has 1 N–H and O–H groups in total. The van der Waals surface area contributed by atoms with Crippen LogP contribution in [0.1, 0.15) is 43.6 Å². The molecule has 0 spiro atoms. The topological polar surface area (TPSA) is 29.5 Å². The van der Waals surface area contributed by atoms with Crippen molar-refractivity contribution in [2.75, 3.05) is 7.11 Å². The van der Waals surface area contributed by atoms with E-state index < -0.39 is 0 Å². The second kappa shape index (κ2) is 5.19. The number of aliphatic hydroxyl groups excluding tert-OH is 1. The molecule has 90 valence electrons. The maximum absolute atomic E-state index is 10.3. The fourth-order valence-corrected chi connectivity index (χ4v) is 3.53. The monoisotopic (exact) mass is 240 g/mol. The van der Waals surface area contributed by atoms with Gasteiger partial charge in [0.05, 0.1) is 13.2 Å². The summed E-state index contributed by atoms with van der Waals surface area (Å²) in [6.45, 7) is 2.29. The molecule has 2 rings (SSSR count). The molecule has 1 aliphatic carbocycles. The third-order valence-electron chi connectivity index (χ3n) is 3.55. The number of methoxy groups -OCH3 is 1. The predicted molar refractivity (Wildman–Crippen MR) is 67.0 cm³/mol. The number of hydrogen-bond acceptors (Lipinski definition) is 3. The van der Waals surface area contributed by atoms with E-state index in [1.165, 1.54) is 12.8 Å². The zero-order valence-electron chi connectivity index (χ0n) is 9.98. The lowest BCUT2D eigenvalue weighted by molar-refractivity contribution is 0.0741. The van der Waals surface area contributed by atoms with E-state index >= 15 is 0 Å². The molecular weight excluding hydrogens is 220 g/mol. The Morgan fingerprint density at radius 2 is 2.31 bits per heavy atom. The van der Waals surface area contributed by atoms with Crippen LogP contribution in [0.4, 0.5) is 0 Å². The van der Waals surface area contributed by atoms with Gasteiger partial charge in [0, 0.05) is 10.3 Å². The minimum absolute atomic E-state index is 0.295. The first-order chi connectivity index (χ1) is 7.70. The molecule has 3 unspecified atom stereocenters. The minimum Gasteiger partial charge on any atom is -0.496 e. The molecule has 0 amide bonds. The highest BCUT2D eigenvalue weighted by molar-refractivity contribution is 7.10. The van der Waals surface area contributed by atoms with E-state index in [1.54, 1.807) is 18.4 Å². The van der Waals surface area contributed by atoms with Gasteiger partial charge in [0.15, 0.2) is 0 Å². The van der Waals surface area contributed by atoms with Gasteiger partial charge in [0.1, 0.15) is 5.75 Å². The van der Waals surface area contributed by atoms with Crippen LogP contribution in [0.2, 0.25) is 0 Å². The molecule has 1 aromatic rings. The van der Waals surface area contributed by atoms with Crippen molar-refractivity contribution in [3.8, 4) is 5.75 Å². The molecule has 3 atom stereocenters. The summed E-state index contributed by atoms with van der Waals surface area (Å²) in [4.78, 5) is 1.05. The standard InChI is InChI=1S/C13H20O2S/c1-9-4-3-5-10(6-9)13(14)12-7-11(15-2)8-16-12/h7-10,13-14H,3-6H2,1-2H3. The van der Waals surface area contributed by atoms with Gasteiger partial charge in [0.25, 0.3) is 0 Å². The largest absolute Gasteiger partial charge is 0.496 e. The summed E-state index contributed by atoms with van der Waals surface area (Å²) in [6, 6.07) is 1.97. The summed E-state index contributed by atoms with van der Waals surface area (Å²) >= 11 is 1.60. The van der Waals surface area contributed by atoms with E-state index in [9.17, 15) is 5.11 Å². The van der Waals surface area contributed by atoms with Crippen molar-refractivity contribution in [3.05, 3.63) is 16.3 Å². The summed E-state index contributed by atoms with van der Waals surface area (Å²) in [6.07, 6.45) is 4.59. The molecule has 0 saturated heterocycles. The summed E-state index contributed by atoms with van der Waals surface area (Å²) in [7, 11) is 1.67.